The smallest absolute Gasteiger partial charge is 0.142 e. The Balaban J connectivity index is 2.42. The van der Waals surface area contributed by atoms with Crippen molar-refractivity contribution in [2.75, 3.05) is 7.05 Å². The predicted octanol–water partition coefficient (Wildman–Crippen LogP) is 2.25. The molecule has 0 amide bonds. The van der Waals surface area contributed by atoms with Crippen molar-refractivity contribution in [2.45, 2.75) is 39.2 Å². The van der Waals surface area contributed by atoms with Gasteiger partial charge in [0.15, 0.2) is 0 Å². The van der Waals surface area contributed by atoms with Crippen LogP contribution in [0.15, 0.2) is 4.52 Å². The molecule has 1 aromatic rings. The first-order valence-electron chi connectivity index (χ1n) is 5.30. The number of fused-ring (bicyclic) bond motifs is 1. The molecule has 3 heteroatoms. The molecule has 1 aliphatic carbocycles. The Morgan fingerprint density at radius 2 is 2.21 bits per heavy atom. The van der Waals surface area contributed by atoms with Crippen LogP contribution in [0.25, 0.3) is 0 Å². The van der Waals surface area contributed by atoms with E-state index in [1.54, 1.807) is 0 Å². The van der Waals surface area contributed by atoms with E-state index in [-0.39, 0.29) is 0 Å². The second kappa shape index (κ2) is 3.39. The minimum atomic E-state index is 0.425. The Hall–Kier alpha value is -0.830. The number of aromatic nitrogens is 1. The first-order valence-corrected chi connectivity index (χ1v) is 5.30. The summed E-state index contributed by atoms with van der Waals surface area (Å²) in [5, 5.41) is 7.51. The van der Waals surface area contributed by atoms with Gasteiger partial charge >= 0.3 is 0 Å². The molecule has 78 valence electrons. The summed E-state index contributed by atoms with van der Waals surface area (Å²) in [7, 11) is 2.01. The SMILES string of the molecule is CNC1c2c(C(C)C)noc2CC1C. The average Bonchev–Trinajstić information content (AvgIpc) is 2.61. The highest BCUT2D eigenvalue weighted by molar-refractivity contribution is 5.34. The molecule has 0 aliphatic heterocycles. The van der Waals surface area contributed by atoms with Gasteiger partial charge in [0.25, 0.3) is 0 Å². The van der Waals surface area contributed by atoms with Crippen molar-refractivity contribution in [1.82, 2.24) is 10.5 Å². The highest BCUT2D eigenvalue weighted by Crippen LogP contribution is 2.39. The van der Waals surface area contributed by atoms with Crippen molar-refractivity contribution in [3.63, 3.8) is 0 Å². The van der Waals surface area contributed by atoms with Crippen LogP contribution >= 0.6 is 0 Å². The summed E-state index contributed by atoms with van der Waals surface area (Å²) in [5.74, 6) is 2.15. The van der Waals surface area contributed by atoms with E-state index >= 15 is 0 Å². The molecule has 1 heterocycles. The van der Waals surface area contributed by atoms with E-state index in [0.717, 1.165) is 17.9 Å². The van der Waals surface area contributed by atoms with Crippen LogP contribution in [-0.4, -0.2) is 12.2 Å². The van der Waals surface area contributed by atoms with Crippen molar-refractivity contribution in [2.24, 2.45) is 5.92 Å². The Morgan fingerprint density at radius 3 is 2.79 bits per heavy atom. The minimum absolute atomic E-state index is 0.425. The van der Waals surface area contributed by atoms with Gasteiger partial charge in [-0.15, -0.1) is 0 Å². The summed E-state index contributed by atoms with van der Waals surface area (Å²) >= 11 is 0. The quantitative estimate of drug-likeness (QED) is 0.784. The van der Waals surface area contributed by atoms with Crippen LogP contribution in [0.3, 0.4) is 0 Å². The standard InChI is InChI=1S/C11H18N2O/c1-6(2)10-9-8(14-13-10)5-7(3)11(9)12-4/h6-7,11-12H,5H2,1-4H3. The van der Waals surface area contributed by atoms with Crippen molar-refractivity contribution >= 4 is 0 Å². The molecule has 0 aromatic carbocycles. The predicted molar refractivity (Wildman–Crippen MR) is 55.3 cm³/mol. The van der Waals surface area contributed by atoms with E-state index in [1.807, 2.05) is 7.05 Å². The van der Waals surface area contributed by atoms with Crippen LogP contribution in [0.2, 0.25) is 0 Å². The molecule has 0 spiro atoms. The van der Waals surface area contributed by atoms with Crippen molar-refractivity contribution < 1.29 is 4.52 Å². The molecule has 0 fully saturated rings. The monoisotopic (exact) mass is 194 g/mol. The third-order valence-electron chi connectivity index (χ3n) is 3.08. The number of hydrogen-bond acceptors (Lipinski definition) is 3. The maximum atomic E-state index is 5.38. The van der Waals surface area contributed by atoms with Crippen LogP contribution in [0.4, 0.5) is 0 Å². The molecule has 1 aliphatic rings. The Bertz CT molecular complexity index is 330. The number of hydrogen-bond donors (Lipinski definition) is 1. The van der Waals surface area contributed by atoms with Crippen molar-refractivity contribution in [3.05, 3.63) is 17.0 Å². The fourth-order valence-electron chi connectivity index (χ4n) is 2.37. The largest absolute Gasteiger partial charge is 0.361 e. The molecule has 0 saturated carbocycles. The van der Waals surface area contributed by atoms with Gasteiger partial charge in [0.1, 0.15) is 5.76 Å². The molecule has 14 heavy (non-hydrogen) atoms. The van der Waals surface area contributed by atoms with E-state index in [1.165, 1.54) is 5.56 Å². The molecule has 0 radical (unpaired) electrons. The van der Waals surface area contributed by atoms with E-state index in [4.69, 9.17) is 4.52 Å². The van der Waals surface area contributed by atoms with E-state index in [9.17, 15) is 0 Å². The molecule has 2 atom stereocenters. The zero-order valence-electron chi connectivity index (χ0n) is 9.29. The summed E-state index contributed by atoms with van der Waals surface area (Å²) in [6.07, 6.45) is 1.01. The van der Waals surface area contributed by atoms with Gasteiger partial charge in [-0.25, -0.2) is 0 Å². The maximum Gasteiger partial charge on any atom is 0.142 e. The Morgan fingerprint density at radius 1 is 1.50 bits per heavy atom. The first-order chi connectivity index (χ1) is 6.65. The zero-order valence-corrected chi connectivity index (χ0v) is 9.29. The van der Waals surface area contributed by atoms with Crippen molar-refractivity contribution in [3.8, 4) is 0 Å². The van der Waals surface area contributed by atoms with Crippen LogP contribution in [0.1, 0.15) is 49.7 Å². The summed E-state index contributed by atoms with van der Waals surface area (Å²) in [6.45, 7) is 6.57. The fourth-order valence-corrected chi connectivity index (χ4v) is 2.37. The van der Waals surface area contributed by atoms with Gasteiger partial charge in [-0.2, -0.15) is 0 Å². The lowest BCUT2D eigenvalue weighted by atomic mass is 9.98. The topological polar surface area (TPSA) is 38.1 Å². The lowest BCUT2D eigenvalue weighted by Gasteiger charge is -2.16. The fraction of sp³-hybridized carbons (Fsp3) is 0.727. The van der Waals surface area contributed by atoms with Gasteiger partial charge in [-0.05, 0) is 18.9 Å². The third kappa shape index (κ3) is 1.27. The zero-order chi connectivity index (χ0) is 10.3. The molecule has 3 nitrogen and oxygen atoms in total. The lowest BCUT2D eigenvalue weighted by molar-refractivity contribution is 0.353. The van der Waals surface area contributed by atoms with Gasteiger partial charge in [0.2, 0.25) is 0 Å². The molecule has 2 unspecified atom stereocenters. The lowest BCUT2D eigenvalue weighted by Crippen LogP contribution is -2.20. The highest BCUT2D eigenvalue weighted by atomic mass is 16.5. The molecular weight excluding hydrogens is 176 g/mol. The summed E-state index contributed by atoms with van der Waals surface area (Å²) in [5.41, 5.74) is 2.44. The van der Waals surface area contributed by atoms with Gasteiger partial charge in [0, 0.05) is 18.0 Å². The molecule has 0 saturated heterocycles. The second-order valence-corrected chi connectivity index (χ2v) is 4.51. The van der Waals surface area contributed by atoms with Crippen LogP contribution < -0.4 is 5.32 Å². The molecule has 1 aromatic heterocycles. The summed E-state index contributed by atoms with van der Waals surface area (Å²) < 4.78 is 5.38. The molecule has 2 rings (SSSR count). The molecule has 1 N–H and O–H groups in total. The summed E-state index contributed by atoms with van der Waals surface area (Å²) in [4.78, 5) is 0. The third-order valence-corrected chi connectivity index (χ3v) is 3.08. The molecular formula is C11H18N2O. The second-order valence-electron chi connectivity index (χ2n) is 4.51. The van der Waals surface area contributed by atoms with E-state index < -0.39 is 0 Å². The van der Waals surface area contributed by atoms with Gasteiger partial charge < -0.3 is 9.84 Å². The minimum Gasteiger partial charge on any atom is -0.361 e. The first kappa shape index (κ1) is 9.71. The van der Waals surface area contributed by atoms with Crippen LogP contribution in [0, 0.1) is 5.92 Å². The molecule has 0 bridgehead atoms. The van der Waals surface area contributed by atoms with E-state index in [2.05, 4.69) is 31.2 Å². The number of rotatable bonds is 2. The van der Waals surface area contributed by atoms with Crippen molar-refractivity contribution in [1.29, 1.82) is 0 Å². The van der Waals surface area contributed by atoms with E-state index in [0.29, 0.717) is 17.9 Å². The average molecular weight is 194 g/mol. The Labute approximate surface area is 84.9 Å². The normalized spacial score (nSPS) is 25.8. The van der Waals surface area contributed by atoms with Crippen LogP contribution in [-0.2, 0) is 6.42 Å². The van der Waals surface area contributed by atoms with Gasteiger partial charge in [-0.1, -0.05) is 25.9 Å². The highest BCUT2D eigenvalue weighted by Gasteiger charge is 2.35. The maximum absolute atomic E-state index is 5.38. The van der Waals surface area contributed by atoms with Crippen LogP contribution in [0.5, 0.6) is 0 Å². The van der Waals surface area contributed by atoms with Gasteiger partial charge in [0.05, 0.1) is 5.69 Å². The number of nitrogens with zero attached hydrogens (tertiary/aromatic N) is 1. The Kier molecular flexibility index (Phi) is 2.35. The number of nitrogens with one attached hydrogen (secondary N) is 1. The van der Waals surface area contributed by atoms with Gasteiger partial charge in [-0.3, -0.25) is 0 Å². The summed E-state index contributed by atoms with van der Waals surface area (Å²) in [6, 6.07) is 0.425.